The van der Waals surface area contributed by atoms with Crippen molar-refractivity contribution in [2.75, 3.05) is 26.2 Å². The van der Waals surface area contributed by atoms with Crippen molar-refractivity contribution in [3.05, 3.63) is 0 Å². The first-order chi connectivity index (χ1) is 10.7. The quantitative estimate of drug-likeness (QED) is 0.151. The van der Waals surface area contributed by atoms with Crippen molar-refractivity contribution >= 4 is 7.25 Å². The SMILES string of the molecule is CCCCCCCC[N+](CCC)(CCC)CCC.F[B-](F)(F)F. The van der Waals surface area contributed by atoms with Crippen LogP contribution >= 0.6 is 0 Å². The number of unbranched alkanes of at least 4 members (excludes halogenated alkanes) is 5. The van der Waals surface area contributed by atoms with E-state index in [1.807, 2.05) is 0 Å². The summed E-state index contributed by atoms with van der Waals surface area (Å²) in [5.74, 6) is 0. The second-order valence-electron chi connectivity index (χ2n) is 6.50. The van der Waals surface area contributed by atoms with Crippen LogP contribution in [-0.2, 0) is 0 Å². The number of nitrogens with zero attached hydrogens (tertiary/aromatic N) is 1. The number of rotatable bonds is 13. The highest BCUT2D eigenvalue weighted by Crippen LogP contribution is 2.15. The Morgan fingerprint density at radius 3 is 1.22 bits per heavy atom. The first-order valence-corrected chi connectivity index (χ1v) is 9.47. The topological polar surface area (TPSA) is 0 Å². The van der Waals surface area contributed by atoms with Gasteiger partial charge in [0.05, 0.1) is 26.2 Å². The molecular formula is C17H38BF4N. The predicted octanol–water partition coefficient (Wildman–Crippen LogP) is 6.69. The van der Waals surface area contributed by atoms with Gasteiger partial charge in [-0.2, -0.15) is 0 Å². The molecule has 0 saturated carbocycles. The molecule has 0 heterocycles. The lowest BCUT2D eigenvalue weighted by Gasteiger charge is -2.38. The van der Waals surface area contributed by atoms with Crippen LogP contribution in [0.1, 0.15) is 85.5 Å². The molecule has 0 aliphatic carbocycles. The third-order valence-corrected chi connectivity index (χ3v) is 4.08. The Balaban J connectivity index is 0. The normalized spacial score (nSPS) is 12.0. The molecule has 0 aromatic rings. The number of quaternary nitrogens is 1. The van der Waals surface area contributed by atoms with Gasteiger partial charge in [-0.25, -0.2) is 0 Å². The molecule has 0 atom stereocenters. The Morgan fingerprint density at radius 2 is 0.870 bits per heavy atom. The Hall–Kier alpha value is -0.255. The summed E-state index contributed by atoms with van der Waals surface area (Å²) in [6.07, 6.45) is 12.6. The number of halogens is 4. The average molecular weight is 343 g/mol. The monoisotopic (exact) mass is 343 g/mol. The molecule has 142 valence electrons. The van der Waals surface area contributed by atoms with Gasteiger partial charge in [0.25, 0.3) is 0 Å². The van der Waals surface area contributed by atoms with Crippen LogP contribution in [-0.4, -0.2) is 37.9 Å². The van der Waals surface area contributed by atoms with Crippen LogP contribution in [0, 0.1) is 0 Å². The van der Waals surface area contributed by atoms with E-state index in [1.165, 1.54) is 88.4 Å². The van der Waals surface area contributed by atoms with Crippen molar-refractivity contribution in [3.8, 4) is 0 Å². The van der Waals surface area contributed by atoms with E-state index in [2.05, 4.69) is 27.7 Å². The fraction of sp³-hybridized carbons (Fsp3) is 1.00. The number of hydrogen-bond donors (Lipinski definition) is 0. The smallest absolute Gasteiger partial charge is 0.418 e. The zero-order valence-corrected chi connectivity index (χ0v) is 15.7. The highest BCUT2D eigenvalue weighted by Gasteiger charge is 2.23. The fourth-order valence-electron chi connectivity index (χ4n) is 3.32. The van der Waals surface area contributed by atoms with E-state index in [4.69, 9.17) is 0 Å². The Bertz CT molecular complexity index is 224. The third-order valence-electron chi connectivity index (χ3n) is 4.08. The number of hydrogen-bond acceptors (Lipinski definition) is 0. The van der Waals surface area contributed by atoms with Gasteiger partial charge >= 0.3 is 7.25 Å². The predicted molar refractivity (Wildman–Crippen MR) is 94.2 cm³/mol. The van der Waals surface area contributed by atoms with Crippen LogP contribution in [0.4, 0.5) is 17.3 Å². The van der Waals surface area contributed by atoms with Gasteiger partial charge in [-0.1, -0.05) is 53.4 Å². The minimum atomic E-state index is -6.00. The lowest BCUT2D eigenvalue weighted by molar-refractivity contribution is -0.928. The van der Waals surface area contributed by atoms with Crippen LogP contribution in [0.3, 0.4) is 0 Å². The van der Waals surface area contributed by atoms with Crippen molar-refractivity contribution in [2.24, 2.45) is 0 Å². The molecule has 23 heavy (non-hydrogen) atoms. The first-order valence-electron chi connectivity index (χ1n) is 9.47. The summed E-state index contributed by atoms with van der Waals surface area (Å²) < 4.78 is 40.4. The Kier molecular flexibility index (Phi) is 16.6. The van der Waals surface area contributed by atoms with Gasteiger partial charge in [0.2, 0.25) is 0 Å². The highest BCUT2D eigenvalue weighted by atomic mass is 19.5. The Labute approximate surface area is 141 Å². The maximum absolute atomic E-state index is 9.75. The van der Waals surface area contributed by atoms with Crippen LogP contribution in [0.25, 0.3) is 0 Å². The molecule has 6 heteroatoms. The molecule has 0 amide bonds. The molecule has 0 fully saturated rings. The summed E-state index contributed by atoms with van der Waals surface area (Å²) >= 11 is 0. The molecule has 0 spiro atoms. The van der Waals surface area contributed by atoms with E-state index in [1.54, 1.807) is 0 Å². The maximum atomic E-state index is 9.75. The molecular weight excluding hydrogens is 305 g/mol. The van der Waals surface area contributed by atoms with Gasteiger partial charge in [-0.15, -0.1) is 0 Å². The molecule has 0 aliphatic heterocycles. The highest BCUT2D eigenvalue weighted by molar-refractivity contribution is 6.50. The van der Waals surface area contributed by atoms with Crippen LogP contribution in [0.5, 0.6) is 0 Å². The molecule has 0 radical (unpaired) electrons. The lowest BCUT2D eigenvalue weighted by Crippen LogP contribution is -2.50. The van der Waals surface area contributed by atoms with Crippen molar-refractivity contribution in [2.45, 2.75) is 85.5 Å². The largest absolute Gasteiger partial charge is 0.673 e. The molecule has 0 saturated heterocycles. The third kappa shape index (κ3) is 19.7. The zero-order chi connectivity index (χ0) is 18.2. The summed E-state index contributed by atoms with van der Waals surface area (Å²) in [7, 11) is -6.00. The standard InChI is InChI=1S/C17H38N.BF4/c1-5-9-10-11-12-13-17-18(14-6-2,15-7-3)16-8-4;2-1(3,4)5/h5-17H2,1-4H3;/q+1;-1. The summed E-state index contributed by atoms with van der Waals surface area (Å²) in [4.78, 5) is 0. The van der Waals surface area contributed by atoms with E-state index in [9.17, 15) is 17.3 Å². The molecule has 1 nitrogen and oxygen atoms in total. The van der Waals surface area contributed by atoms with E-state index < -0.39 is 7.25 Å². The minimum absolute atomic E-state index is 1.34. The van der Waals surface area contributed by atoms with Gasteiger partial charge in [-0.05, 0) is 32.1 Å². The van der Waals surface area contributed by atoms with Crippen molar-refractivity contribution in [1.29, 1.82) is 0 Å². The zero-order valence-electron chi connectivity index (χ0n) is 15.7. The van der Waals surface area contributed by atoms with Gasteiger partial charge in [0.1, 0.15) is 0 Å². The minimum Gasteiger partial charge on any atom is -0.418 e. The first kappa shape index (κ1) is 25.0. The second kappa shape index (κ2) is 15.3. The molecule has 0 aromatic heterocycles. The molecule has 0 unspecified atom stereocenters. The second-order valence-corrected chi connectivity index (χ2v) is 6.50. The van der Waals surface area contributed by atoms with Crippen LogP contribution in [0.2, 0.25) is 0 Å². The molecule has 0 aromatic carbocycles. The van der Waals surface area contributed by atoms with E-state index in [0.29, 0.717) is 0 Å². The van der Waals surface area contributed by atoms with E-state index in [0.717, 1.165) is 0 Å². The van der Waals surface area contributed by atoms with Gasteiger partial charge in [-0.3, -0.25) is 0 Å². The molecule has 0 N–H and O–H groups in total. The summed E-state index contributed by atoms with van der Waals surface area (Å²) in [5, 5.41) is 0. The summed E-state index contributed by atoms with van der Waals surface area (Å²) in [6.45, 7) is 15.0. The fourth-order valence-corrected chi connectivity index (χ4v) is 3.32. The van der Waals surface area contributed by atoms with Gasteiger partial charge in [0, 0.05) is 0 Å². The molecule has 0 aliphatic rings. The Morgan fingerprint density at radius 1 is 0.522 bits per heavy atom. The molecule has 0 rings (SSSR count). The van der Waals surface area contributed by atoms with E-state index >= 15 is 0 Å². The van der Waals surface area contributed by atoms with Gasteiger partial charge < -0.3 is 21.7 Å². The van der Waals surface area contributed by atoms with Gasteiger partial charge in [0.15, 0.2) is 0 Å². The van der Waals surface area contributed by atoms with E-state index in [-0.39, 0.29) is 0 Å². The van der Waals surface area contributed by atoms with Crippen molar-refractivity contribution in [3.63, 3.8) is 0 Å². The van der Waals surface area contributed by atoms with Crippen molar-refractivity contribution in [1.82, 2.24) is 0 Å². The van der Waals surface area contributed by atoms with Crippen LogP contribution in [0.15, 0.2) is 0 Å². The summed E-state index contributed by atoms with van der Waals surface area (Å²) in [6, 6.07) is 0. The van der Waals surface area contributed by atoms with Crippen LogP contribution < -0.4 is 0 Å². The van der Waals surface area contributed by atoms with Crippen molar-refractivity contribution < 1.29 is 21.7 Å². The average Bonchev–Trinajstić information content (AvgIpc) is 2.42. The summed E-state index contributed by atoms with van der Waals surface area (Å²) in [5.41, 5.74) is 0. The molecule has 0 bridgehead atoms. The lowest BCUT2D eigenvalue weighted by atomic mass is 10.1. The maximum Gasteiger partial charge on any atom is 0.673 e.